The summed E-state index contributed by atoms with van der Waals surface area (Å²) in [5.74, 6) is 0. The first-order chi connectivity index (χ1) is 13.4. The maximum absolute atomic E-state index is 12.8. The Morgan fingerprint density at radius 2 is 1.89 bits per heavy atom. The fourth-order valence-electron chi connectivity index (χ4n) is 2.97. The lowest BCUT2D eigenvalue weighted by Gasteiger charge is -2.16. The molecule has 0 saturated carbocycles. The molecule has 28 heavy (non-hydrogen) atoms. The predicted octanol–water partition coefficient (Wildman–Crippen LogP) is 2.79. The van der Waals surface area contributed by atoms with Crippen LogP contribution in [0.5, 0.6) is 0 Å². The second-order valence-electron chi connectivity index (χ2n) is 6.25. The molecular formula is C19H18ClN3O4S. The Labute approximate surface area is 168 Å². The van der Waals surface area contributed by atoms with E-state index < -0.39 is 33.5 Å². The highest BCUT2D eigenvalue weighted by molar-refractivity contribution is 7.92. The van der Waals surface area contributed by atoms with Crippen LogP contribution in [0, 0.1) is 11.3 Å². The van der Waals surface area contributed by atoms with Crippen molar-refractivity contribution < 1.29 is 17.9 Å². The van der Waals surface area contributed by atoms with Crippen LogP contribution in [-0.2, 0) is 14.6 Å². The summed E-state index contributed by atoms with van der Waals surface area (Å²) in [6, 6.07) is 16.1. The van der Waals surface area contributed by atoms with E-state index in [0.717, 1.165) is 0 Å². The van der Waals surface area contributed by atoms with Crippen molar-refractivity contribution in [3.05, 3.63) is 65.2 Å². The third kappa shape index (κ3) is 4.44. The second kappa shape index (κ2) is 8.61. The van der Waals surface area contributed by atoms with E-state index in [2.05, 4.69) is 10.6 Å². The van der Waals surface area contributed by atoms with Crippen molar-refractivity contribution in [2.75, 3.05) is 6.54 Å². The Balaban J connectivity index is 1.61. The number of sulfone groups is 1. The molecule has 1 aliphatic rings. The molecule has 0 aromatic heterocycles. The van der Waals surface area contributed by atoms with Gasteiger partial charge in [0.05, 0.1) is 21.2 Å². The lowest BCUT2D eigenvalue weighted by atomic mass is 10.1. The van der Waals surface area contributed by atoms with Gasteiger partial charge in [0.15, 0.2) is 16.1 Å². The molecule has 3 rings (SSSR count). The molecule has 2 aromatic rings. The van der Waals surface area contributed by atoms with E-state index >= 15 is 0 Å². The van der Waals surface area contributed by atoms with E-state index in [1.807, 2.05) is 6.07 Å². The number of nitrogens with zero attached hydrogens (tertiary/aromatic N) is 1. The third-order valence-electron chi connectivity index (χ3n) is 4.41. The number of alkyl carbamates (subject to hydrolysis) is 1. The summed E-state index contributed by atoms with van der Waals surface area (Å²) in [4.78, 5) is 12.2. The van der Waals surface area contributed by atoms with Crippen molar-refractivity contribution in [1.82, 2.24) is 10.6 Å². The number of ether oxygens (including phenoxy) is 1. The van der Waals surface area contributed by atoms with Gasteiger partial charge in [0.2, 0.25) is 0 Å². The summed E-state index contributed by atoms with van der Waals surface area (Å²) < 4.78 is 30.8. The van der Waals surface area contributed by atoms with Gasteiger partial charge in [0.25, 0.3) is 0 Å². The zero-order valence-electron chi connectivity index (χ0n) is 14.7. The monoisotopic (exact) mass is 419 g/mol. The van der Waals surface area contributed by atoms with E-state index in [1.54, 1.807) is 42.5 Å². The van der Waals surface area contributed by atoms with E-state index in [1.165, 1.54) is 12.1 Å². The number of carbonyl (C=O) groups is 1. The van der Waals surface area contributed by atoms with E-state index in [0.29, 0.717) is 5.56 Å². The molecule has 1 heterocycles. The summed E-state index contributed by atoms with van der Waals surface area (Å²) in [6.45, 7) is 0.131. The van der Waals surface area contributed by atoms with Gasteiger partial charge in [-0.2, -0.15) is 5.26 Å². The van der Waals surface area contributed by atoms with Gasteiger partial charge in [0.1, 0.15) is 6.04 Å². The molecule has 2 aromatic carbocycles. The predicted molar refractivity (Wildman–Crippen MR) is 103 cm³/mol. The van der Waals surface area contributed by atoms with Crippen LogP contribution in [0.1, 0.15) is 18.0 Å². The molecule has 2 N–H and O–H groups in total. The van der Waals surface area contributed by atoms with Crippen LogP contribution >= 0.6 is 11.6 Å². The number of halogens is 1. The molecule has 1 aliphatic heterocycles. The third-order valence-corrected chi connectivity index (χ3v) is 7.05. The minimum Gasteiger partial charge on any atom is -0.430 e. The smallest absolute Gasteiger partial charge is 0.410 e. The number of amides is 1. The molecule has 146 valence electrons. The van der Waals surface area contributed by atoms with Crippen LogP contribution in [0.3, 0.4) is 0 Å². The van der Waals surface area contributed by atoms with E-state index in [4.69, 9.17) is 16.3 Å². The summed E-state index contributed by atoms with van der Waals surface area (Å²) in [5, 5.41) is 14.0. The zero-order valence-corrected chi connectivity index (χ0v) is 16.3. The Morgan fingerprint density at radius 3 is 2.57 bits per heavy atom. The van der Waals surface area contributed by atoms with Crippen molar-refractivity contribution >= 4 is 27.5 Å². The summed E-state index contributed by atoms with van der Waals surface area (Å²) in [6.07, 6.45) is -1.50. The number of carbonyl (C=O) groups excluding carboxylic acids is 1. The Hall–Kier alpha value is -2.60. The molecule has 0 radical (unpaired) electrons. The maximum Gasteiger partial charge on any atom is 0.410 e. The molecule has 7 nitrogen and oxygen atoms in total. The van der Waals surface area contributed by atoms with Gasteiger partial charge in [-0.1, -0.05) is 54.1 Å². The highest BCUT2D eigenvalue weighted by Gasteiger charge is 2.37. The highest BCUT2D eigenvalue weighted by atomic mass is 35.5. The van der Waals surface area contributed by atoms with Crippen molar-refractivity contribution in [3.63, 3.8) is 0 Å². The lowest BCUT2D eigenvalue weighted by Crippen LogP contribution is -2.35. The first kappa shape index (κ1) is 20.1. The van der Waals surface area contributed by atoms with Crippen molar-refractivity contribution in [1.29, 1.82) is 5.26 Å². The van der Waals surface area contributed by atoms with Crippen LogP contribution < -0.4 is 10.6 Å². The molecule has 1 fully saturated rings. The first-order valence-electron chi connectivity index (χ1n) is 8.55. The number of nitriles is 1. The summed E-state index contributed by atoms with van der Waals surface area (Å²) >= 11 is 6.01. The minimum atomic E-state index is -3.67. The van der Waals surface area contributed by atoms with E-state index in [9.17, 15) is 18.5 Å². The molecule has 0 spiro atoms. The second-order valence-corrected chi connectivity index (χ2v) is 8.86. The number of hydrogen-bond acceptors (Lipinski definition) is 6. The summed E-state index contributed by atoms with van der Waals surface area (Å²) in [7, 11) is -3.67. The van der Waals surface area contributed by atoms with Crippen molar-refractivity contribution in [2.24, 2.45) is 0 Å². The van der Waals surface area contributed by atoms with Crippen molar-refractivity contribution in [2.45, 2.75) is 28.8 Å². The van der Waals surface area contributed by atoms with Gasteiger partial charge in [-0.25, -0.2) is 13.2 Å². The molecule has 0 aliphatic carbocycles. The quantitative estimate of drug-likeness (QED) is 0.771. The van der Waals surface area contributed by atoms with Gasteiger partial charge in [-0.05, 0) is 17.7 Å². The van der Waals surface area contributed by atoms with Gasteiger partial charge in [-0.15, -0.1) is 0 Å². The Kier molecular flexibility index (Phi) is 6.19. The van der Waals surface area contributed by atoms with Crippen LogP contribution in [0.2, 0.25) is 5.02 Å². The SMILES string of the molecule is N#CC(NC(=O)O[C@H]1C[C@@H](S(=O)(=O)c2ccccc2Cl)CN1)c1ccccc1. The fraction of sp³-hybridized carbons (Fsp3) is 0.263. The zero-order chi connectivity index (χ0) is 20.1. The number of hydrogen-bond donors (Lipinski definition) is 2. The Bertz CT molecular complexity index is 992. The van der Waals surface area contributed by atoms with Crippen LogP contribution in [-0.4, -0.2) is 32.5 Å². The molecular weight excluding hydrogens is 402 g/mol. The largest absolute Gasteiger partial charge is 0.430 e. The van der Waals surface area contributed by atoms with Crippen LogP contribution in [0.15, 0.2) is 59.5 Å². The Morgan fingerprint density at radius 1 is 1.21 bits per heavy atom. The first-order valence-corrected chi connectivity index (χ1v) is 10.5. The van der Waals surface area contributed by atoms with Crippen molar-refractivity contribution in [3.8, 4) is 6.07 Å². The normalized spacial score (nSPS) is 20.1. The molecule has 3 atom stereocenters. The number of nitrogens with one attached hydrogen (secondary N) is 2. The van der Waals surface area contributed by atoms with Crippen LogP contribution in [0.4, 0.5) is 4.79 Å². The van der Waals surface area contributed by atoms with Crippen LogP contribution in [0.25, 0.3) is 0 Å². The minimum absolute atomic E-state index is 0.0576. The van der Waals surface area contributed by atoms with Gasteiger partial charge < -0.3 is 10.1 Å². The number of benzene rings is 2. The average molecular weight is 420 g/mol. The average Bonchev–Trinajstić information content (AvgIpc) is 3.16. The molecule has 9 heteroatoms. The van der Waals surface area contributed by atoms with Gasteiger partial charge in [-0.3, -0.25) is 5.32 Å². The summed E-state index contributed by atoms with van der Waals surface area (Å²) in [5.41, 5.74) is 0.625. The van der Waals surface area contributed by atoms with E-state index in [-0.39, 0.29) is 22.9 Å². The lowest BCUT2D eigenvalue weighted by molar-refractivity contribution is 0.0882. The highest BCUT2D eigenvalue weighted by Crippen LogP contribution is 2.28. The molecule has 1 unspecified atom stereocenters. The van der Waals surface area contributed by atoms with Gasteiger partial charge >= 0.3 is 6.09 Å². The maximum atomic E-state index is 12.8. The molecule has 0 bridgehead atoms. The topological polar surface area (TPSA) is 108 Å². The molecule has 1 amide bonds. The number of rotatable bonds is 5. The standard InChI is InChI=1S/C19H18ClN3O4S/c20-15-8-4-5-9-17(15)28(25,26)14-10-18(22-12-14)27-19(24)23-16(11-21)13-6-2-1-3-7-13/h1-9,14,16,18,22H,10,12H2,(H,23,24)/t14-,16?,18+/m1/s1. The van der Waals surface area contributed by atoms with Gasteiger partial charge in [0, 0.05) is 13.0 Å². The molecule has 1 saturated heterocycles. The fourth-order valence-corrected chi connectivity index (χ4v) is 5.14.